The van der Waals surface area contributed by atoms with Gasteiger partial charge in [0.25, 0.3) is 0 Å². The molecule has 0 fully saturated rings. The normalized spacial score (nSPS) is 12.5. The Balaban J connectivity index is 2.77. The Bertz CT molecular complexity index is 586. The van der Waals surface area contributed by atoms with Crippen molar-refractivity contribution in [2.24, 2.45) is 0 Å². The number of sulfonamides is 1. The summed E-state index contributed by atoms with van der Waals surface area (Å²) in [6.07, 6.45) is 1.24. The van der Waals surface area contributed by atoms with Gasteiger partial charge in [-0.15, -0.1) is 0 Å². The lowest BCUT2D eigenvalue weighted by Crippen LogP contribution is -2.22. The van der Waals surface area contributed by atoms with E-state index in [4.69, 9.17) is 4.42 Å². The summed E-state index contributed by atoms with van der Waals surface area (Å²) in [7, 11) is -0.520. The molecule has 0 N–H and O–H groups in total. The molecule has 0 aliphatic carbocycles. The Morgan fingerprint density at radius 3 is 2.73 bits per heavy atom. The van der Waals surface area contributed by atoms with Gasteiger partial charge in [-0.05, 0) is 12.1 Å². The first-order valence-electron chi connectivity index (χ1n) is 4.28. The van der Waals surface area contributed by atoms with Crippen molar-refractivity contribution in [3.8, 4) is 0 Å². The Labute approximate surface area is 87.4 Å². The van der Waals surface area contributed by atoms with Gasteiger partial charge in [-0.25, -0.2) is 17.7 Å². The molecular weight excluding hydrogens is 216 g/mol. The van der Waals surface area contributed by atoms with Crippen molar-refractivity contribution >= 4 is 21.1 Å². The van der Waals surface area contributed by atoms with Crippen molar-refractivity contribution < 1.29 is 12.8 Å². The molecule has 0 spiro atoms. The molecule has 1 aromatic heterocycles. The van der Waals surface area contributed by atoms with Crippen LogP contribution in [-0.4, -0.2) is 31.8 Å². The third-order valence-electron chi connectivity index (χ3n) is 2.08. The van der Waals surface area contributed by atoms with Gasteiger partial charge >= 0.3 is 0 Å². The van der Waals surface area contributed by atoms with E-state index in [2.05, 4.69) is 4.98 Å². The van der Waals surface area contributed by atoms with Crippen LogP contribution in [0.25, 0.3) is 11.1 Å². The summed E-state index contributed by atoms with van der Waals surface area (Å²) < 4.78 is 30.0. The van der Waals surface area contributed by atoms with Gasteiger partial charge in [-0.1, -0.05) is 6.07 Å². The first-order chi connectivity index (χ1) is 7.03. The minimum Gasteiger partial charge on any atom is -0.442 e. The maximum absolute atomic E-state index is 11.9. The molecule has 0 unspecified atom stereocenters. The molecule has 0 amide bonds. The predicted molar refractivity (Wildman–Crippen MR) is 54.9 cm³/mol. The number of rotatable bonds is 2. The standard InChI is InChI=1S/C9H10N2O3S/c1-11(2)15(12,13)8-5-3-4-7-9(8)14-6-10-7/h3-6H,1-2H3. The Hall–Kier alpha value is -1.40. The molecule has 15 heavy (non-hydrogen) atoms. The van der Waals surface area contributed by atoms with Crippen LogP contribution >= 0.6 is 0 Å². The summed E-state index contributed by atoms with van der Waals surface area (Å²) >= 11 is 0. The molecule has 2 rings (SSSR count). The van der Waals surface area contributed by atoms with Crippen molar-refractivity contribution in [3.63, 3.8) is 0 Å². The van der Waals surface area contributed by atoms with Crippen LogP contribution in [0, 0.1) is 0 Å². The number of benzene rings is 1. The Morgan fingerprint density at radius 1 is 1.33 bits per heavy atom. The summed E-state index contributed by atoms with van der Waals surface area (Å²) in [6.45, 7) is 0. The number of aromatic nitrogens is 1. The molecule has 0 saturated carbocycles. The monoisotopic (exact) mass is 226 g/mol. The fraction of sp³-hybridized carbons (Fsp3) is 0.222. The van der Waals surface area contributed by atoms with Gasteiger partial charge in [0.05, 0.1) is 0 Å². The van der Waals surface area contributed by atoms with Gasteiger partial charge in [-0.3, -0.25) is 0 Å². The van der Waals surface area contributed by atoms with Gasteiger partial charge < -0.3 is 4.42 Å². The van der Waals surface area contributed by atoms with Crippen LogP contribution in [0.4, 0.5) is 0 Å². The maximum Gasteiger partial charge on any atom is 0.246 e. The van der Waals surface area contributed by atoms with E-state index >= 15 is 0 Å². The lowest BCUT2D eigenvalue weighted by Gasteiger charge is -2.10. The third kappa shape index (κ3) is 1.51. The number of oxazole rings is 1. The second-order valence-electron chi connectivity index (χ2n) is 3.24. The van der Waals surface area contributed by atoms with Crippen molar-refractivity contribution in [3.05, 3.63) is 24.6 Å². The van der Waals surface area contributed by atoms with E-state index < -0.39 is 10.0 Å². The van der Waals surface area contributed by atoms with Crippen LogP contribution in [0.15, 0.2) is 33.9 Å². The molecule has 2 aromatic rings. The molecular formula is C9H10N2O3S. The zero-order valence-corrected chi connectivity index (χ0v) is 9.15. The summed E-state index contributed by atoms with van der Waals surface area (Å²) in [6, 6.07) is 4.84. The SMILES string of the molecule is CN(C)S(=O)(=O)c1cccc2ncoc12. The van der Waals surface area contributed by atoms with Crippen LogP contribution in [0.3, 0.4) is 0 Å². The average Bonchev–Trinajstić information content (AvgIpc) is 2.64. The number of hydrogen-bond donors (Lipinski definition) is 0. The van der Waals surface area contributed by atoms with Crippen LogP contribution in [-0.2, 0) is 10.0 Å². The fourth-order valence-electron chi connectivity index (χ4n) is 1.26. The minimum absolute atomic E-state index is 0.141. The second kappa shape index (κ2) is 3.32. The summed E-state index contributed by atoms with van der Waals surface area (Å²) in [5, 5.41) is 0. The number of fused-ring (bicyclic) bond motifs is 1. The molecule has 1 aromatic carbocycles. The van der Waals surface area contributed by atoms with Gasteiger partial charge in [0.1, 0.15) is 10.4 Å². The average molecular weight is 226 g/mol. The highest BCUT2D eigenvalue weighted by molar-refractivity contribution is 7.89. The topological polar surface area (TPSA) is 63.4 Å². The Morgan fingerprint density at radius 2 is 2.07 bits per heavy atom. The largest absolute Gasteiger partial charge is 0.442 e. The van der Waals surface area contributed by atoms with Gasteiger partial charge in [0, 0.05) is 14.1 Å². The van der Waals surface area contributed by atoms with E-state index in [9.17, 15) is 8.42 Å². The van der Waals surface area contributed by atoms with E-state index in [1.807, 2.05) is 0 Å². The van der Waals surface area contributed by atoms with Crippen LogP contribution in [0.1, 0.15) is 0 Å². The molecule has 0 aliphatic rings. The minimum atomic E-state index is -3.47. The van der Waals surface area contributed by atoms with Crippen molar-refractivity contribution in [2.75, 3.05) is 14.1 Å². The number of hydrogen-bond acceptors (Lipinski definition) is 4. The van der Waals surface area contributed by atoms with Crippen LogP contribution < -0.4 is 0 Å². The first-order valence-corrected chi connectivity index (χ1v) is 5.72. The highest BCUT2D eigenvalue weighted by Crippen LogP contribution is 2.23. The van der Waals surface area contributed by atoms with Crippen molar-refractivity contribution in [1.29, 1.82) is 0 Å². The molecule has 0 aliphatic heterocycles. The van der Waals surface area contributed by atoms with Crippen molar-refractivity contribution in [2.45, 2.75) is 4.90 Å². The van der Waals surface area contributed by atoms with Gasteiger partial charge in [0.2, 0.25) is 10.0 Å². The molecule has 0 radical (unpaired) electrons. The maximum atomic E-state index is 11.9. The highest BCUT2D eigenvalue weighted by atomic mass is 32.2. The van der Waals surface area contributed by atoms with E-state index in [0.717, 1.165) is 4.31 Å². The quantitative estimate of drug-likeness (QED) is 0.768. The smallest absolute Gasteiger partial charge is 0.246 e. The molecule has 1 heterocycles. The molecule has 0 saturated heterocycles. The predicted octanol–water partition coefficient (Wildman–Crippen LogP) is 1.08. The number of nitrogens with zero attached hydrogens (tertiary/aromatic N) is 2. The summed E-state index contributed by atoms with van der Waals surface area (Å²) in [5.74, 6) is 0. The lowest BCUT2D eigenvalue weighted by atomic mass is 10.3. The zero-order valence-electron chi connectivity index (χ0n) is 8.34. The zero-order chi connectivity index (χ0) is 11.1. The van der Waals surface area contributed by atoms with Crippen molar-refractivity contribution in [1.82, 2.24) is 9.29 Å². The van der Waals surface area contributed by atoms with Gasteiger partial charge in [-0.2, -0.15) is 0 Å². The van der Waals surface area contributed by atoms with Crippen LogP contribution in [0.5, 0.6) is 0 Å². The van der Waals surface area contributed by atoms with E-state index in [-0.39, 0.29) is 4.90 Å². The molecule has 5 nitrogen and oxygen atoms in total. The molecule has 0 atom stereocenters. The van der Waals surface area contributed by atoms with E-state index in [1.165, 1.54) is 26.6 Å². The number of para-hydroxylation sites is 1. The molecule has 6 heteroatoms. The summed E-state index contributed by atoms with van der Waals surface area (Å²) in [4.78, 5) is 4.04. The second-order valence-corrected chi connectivity index (χ2v) is 5.36. The highest BCUT2D eigenvalue weighted by Gasteiger charge is 2.21. The first kappa shape index (κ1) is 10.1. The van der Waals surface area contributed by atoms with Gasteiger partial charge in [0.15, 0.2) is 12.0 Å². The molecule has 0 bridgehead atoms. The van der Waals surface area contributed by atoms with Crippen LogP contribution in [0.2, 0.25) is 0 Å². The molecule has 80 valence electrons. The summed E-state index contributed by atoms with van der Waals surface area (Å²) in [5.41, 5.74) is 0.837. The lowest BCUT2D eigenvalue weighted by molar-refractivity contribution is 0.517. The van der Waals surface area contributed by atoms with E-state index in [0.29, 0.717) is 11.1 Å². The fourth-order valence-corrected chi connectivity index (χ4v) is 2.29. The Kier molecular flexibility index (Phi) is 2.24. The third-order valence-corrected chi connectivity index (χ3v) is 3.92. The van der Waals surface area contributed by atoms with E-state index in [1.54, 1.807) is 12.1 Å².